The molecule has 0 spiro atoms. The molecule has 2 rings (SSSR count). The van der Waals surface area contributed by atoms with Gasteiger partial charge < -0.3 is 5.32 Å². The van der Waals surface area contributed by atoms with Crippen LogP contribution in [-0.2, 0) is 19.9 Å². The Kier molecular flexibility index (Phi) is 4.90. The summed E-state index contributed by atoms with van der Waals surface area (Å²) in [5.41, 5.74) is 0.373. The summed E-state index contributed by atoms with van der Waals surface area (Å²) in [5.74, 6) is 0.0422. The summed E-state index contributed by atoms with van der Waals surface area (Å²) >= 11 is 0. The van der Waals surface area contributed by atoms with Crippen molar-refractivity contribution in [3.8, 4) is 0 Å². The summed E-state index contributed by atoms with van der Waals surface area (Å²) in [6, 6.07) is 6.26. The van der Waals surface area contributed by atoms with E-state index in [1.807, 2.05) is 0 Å². The molecule has 2 N–H and O–H groups in total. The molecular weight excluding hydrogens is 312 g/mol. The number of anilines is 1. The molecule has 0 radical (unpaired) electrons. The Balaban J connectivity index is 1.86. The lowest BCUT2D eigenvalue weighted by molar-refractivity contribution is 0.593. The average molecular weight is 332 g/mol. The molecule has 0 heterocycles. The molecule has 0 amide bonds. The van der Waals surface area contributed by atoms with E-state index in [0.717, 1.165) is 6.26 Å². The lowest BCUT2D eigenvalue weighted by Gasteiger charge is -2.09. The van der Waals surface area contributed by atoms with E-state index in [4.69, 9.17) is 0 Å². The van der Waals surface area contributed by atoms with Crippen LogP contribution in [0.3, 0.4) is 0 Å². The molecule has 118 valence electrons. The number of nitrogens with one attached hydrogen (secondary N) is 2. The normalized spacial score (nSPS) is 15.9. The minimum atomic E-state index is -3.40. The number of hydrogen-bond donors (Lipinski definition) is 2. The van der Waals surface area contributed by atoms with Crippen molar-refractivity contribution >= 4 is 25.5 Å². The van der Waals surface area contributed by atoms with E-state index < -0.39 is 19.9 Å². The smallest absolute Gasteiger partial charge is 0.232 e. The maximum atomic E-state index is 11.9. The number of rotatable bonds is 8. The van der Waals surface area contributed by atoms with Gasteiger partial charge in [0, 0.05) is 18.0 Å². The standard InChI is InChI=1S/C13H20N2O4S2/c1-20(16,17)13-7-5-12(6-8-13)15-21(18,19)10-2-9-14-11-3-4-11/h5-8,11,14-15H,2-4,9-10H2,1H3. The zero-order valence-corrected chi connectivity index (χ0v) is 13.5. The van der Waals surface area contributed by atoms with Crippen molar-refractivity contribution in [1.29, 1.82) is 0 Å². The molecule has 1 aromatic carbocycles. The second-order valence-electron chi connectivity index (χ2n) is 5.30. The minimum Gasteiger partial charge on any atom is -0.314 e. The summed E-state index contributed by atoms with van der Waals surface area (Å²) < 4.78 is 48.9. The van der Waals surface area contributed by atoms with Gasteiger partial charge in [0.2, 0.25) is 10.0 Å². The number of sulfone groups is 1. The third kappa shape index (κ3) is 5.64. The molecule has 0 aromatic heterocycles. The maximum absolute atomic E-state index is 11.9. The second kappa shape index (κ2) is 6.33. The quantitative estimate of drug-likeness (QED) is 0.692. The monoisotopic (exact) mass is 332 g/mol. The molecule has 21 heavy (non-hydrogen) atoms. The van der Waals surface area contributed by atoms with Gasteiger partial charge >= 0.3 is 0 Å². The highest BCUT2D eigenvalue weighted by Crippen LogP contribution is 2.18. The van der Waals surface area contributed by atoms with Crippen LogP contribution in [0.15, 0.2) is 29.2 Å². The van der Waals surface area contributed by atoms with E-state index in [9.17, 15) is 16.8 Å². The summed E-state index contributed by atoms with van der Waals surface area (Å²) in [6.07, 6.45) is 4.02. The van der Waals surface area contributed by atoms with Gasteiger partial charge in [-0.15, -0.1) is 0 Å². The Hall–Kier alpha value is -1.12. The number of sulfonamides is 1. The fourth-order valence-electron chi connectivity index (χ4n) is 1.86. The van der Waals surface area contributed by atoms with Gasteiger partial charge in [-0.25, -0.2) is 16.8 Å². The molecule has 0 atom stereocenters. The van der Waals surface area contributed by atoms with Crippen LogP contribution in [0.25, 0.3) is 0 Å². The van der Waals surface area contributed by atoms with Gasteiger partial charge in [-0.3, -0.25) is 4.72 Å². The largest absolute Gasteiger partial charge is 0.314 e. The molecule has 1 fully saturated rings. The maximum Gasteiger partial charge on any atom is 0.232 e. The summed E-state index contributed by atoms with van der Waals surface area (Å²) in [4.78, 5) is 0.166. The molecular formula is C13H20N2O4S2. The van der Waals surface area contributed by atoms with Crippen LogP contribution >= 0.6 is 0 Å². The topological polar surface area (TPSA) is 92.3 Å². The van der Waals surface area contributed by atoms with Crippen molar-refractivity contribution in [2.75, 3.05) is 23.3 Å². The second-order valence-corrected chi connectivity index (χ2v) is 9.16. The fourth-order valence-corrected chi connectivity index (χ4v) is 3.61. The van der Waals surface area contributed by atoms with Crippen LogP contribution in [-0.4, -0.2) is 41.4 Å². The molecule has 0 bridgehead atoms. The van der Waals surface area contributed by atoms with Crippen LogP contribution in [0.1, 0.15) is 19.3 Å². The van der Waals surface area contributed by atoms with Crippen molar-refractivity contribution in [3.05, 3.63) is 24.3 Å². The predicted octanol–water partition coefficient (Wildman–Crippen LogP) is 0.974. The van der Waals surface area contributed by atoms with Gasteiger partial charge in [0.25, 0.3) is 0 Å². The third-order valence-electron chi connectivity index (χ3n) is 3.16. The molecule has 1 saturated carbocycles. The number of hydrogen-bond acceptors (Lipinski definition) is 5. The van der Waals surface area contributed by atoms with Crippen LogP contribution in [0.2, 0.25) is 0 Å². The minimum absolute atomic E-state index is 0.0422. The molecule has 0 unspecified atom stereocenters. The lowest BCUT2D eigenvalue weighted by Crippen LogP contribution is -2.23. The van der Waals surface area contributed by atoms with E-state index in [1.165, 1.54) is 37.1 Å². The zero-order chi connectivity index (χ0) is 15.5. The van der Waals surface area contributed by atoms with E-state index in [2.05, 4.69) is 10.0 Å². The average Bonchev–Trinajstić information content (AvgIpc) is 3.18. The van der Waals surface area contributed by atoms with Gasteiger partial charge in [0.1, 0.15) is 0 Å². The highest BCUT2D eigenvalue weighted by molar-refractivity contribution is 7.92. The molecule has 0 aliphatic heterocycles. The summed E-state index contributed by atoms with van der Waals surface area (Å²) in [7, 11) is -6.67. The molecule has 1 aliphatic carbocycles. The first-order valence-corrected chi connectivity index (χ1v) is 10.3. The van der Waals surface area contributed by atoms with Crippen molar-refractivity contribution < 1.29 is 16.8 Å². The Morgan fingerprint density at radius 2 is 1.71 bits per heavy atom. The van der Waals surface area contributed by atoms with Crippen molar-refractivity contribution in [2.24, 2.45) is 0 Å². The Morgan fingerprint density at radius 3 is 2.24 bits per heavy atom. The summed E-state index contributed by atoms with van der Waals surface area (Å²) in [6.45, 7) is 0.693. The summed E-state index contributed by atoms with van der Waals surface area (Å²) in [5, 5.41) is 3.26. The van der Waals surface area contributed by atoms with Crippen LogP contribution in [0, 0.1) is 0 Å². The number of benzene rings is 1. The predicted molar refractivity (Wildman–Crippen MR) is 82.6 cm³/mol. The molecule has 1 aliphatic rings. The van der Waals surface area contributed by atoms with E-state index in [-0.39, 0.29) is 10.6 Å². The first kappa shape index (κ1) is 16.3. The highest BCUT2D eigenvalue weighted by Gasteiger charge is 2.20. The van der Waals surface area contributed by atoms with Gasteiger partial charge in [0.15, 0.2) is 9.84 Å². The van der Waals surface area contributed by atoms with E-state index >= 15 is 0 Å². The van der Waals surface area contributed by atoms with Crippen molar-refractivity contribution in [1.82, 2.24) is 5.32 Å². The van der Waals surface area contributed by atoms with E-state index in [0.29, 0.717) is 24.7 Å². The highest BCUT2D eigenvalue weighted by atomic mass is 32.2. The van der Waals surface area contributed by atoms with Crippen LogP contribution in [0.5, 0.6) is 0 Å². The van der Waals surface area contributed by atoms with Crippen molar-refractivity contribution in [3.63, 3.8) is 0 Å². The third-order valence-corrected chi connectivity index (χ3v) is 5.66. The van der Waals surface area contributed by atoms with Gasteiger partial charge in [0.05, 0.1) is 10.6 Å². The first-order chi connectivity index (χ1) is 9.76. The first-order valence-electron chi connectivity index (χ1n) is 6.80. The Labute approximate surface area is 125 Å². The van der Waals surface area contributed by atoms with Crippen LogP contribution in [0.4, 0.5) is 5.69 Å². The zero-order valence-electron chi connectivity index (χ0n) is 11.9. The van der Waals surface area contributed by atoms with Crippen molar-refractivity contribution in [2.45, 2.75) is 30.2 Å². The molecule has 0 saturated heterocycles. The van der Waals surface area contributed by atoms with Gasteiger partial charge in [-0.2, -0.15) is 0 Å². The molecule has 6 nitrogen and oxygen atoms in total. The molecule has 1 aromatic rings. The fraction of sp³-hybridized carbons (Fsp3) is 0.538. The van der Waals surface area contributed by atoms with Crippen LogP contribution < -0.4 is 10.0 Å². The molecule has 8 heteroatoms. The SMILES string of the molecule is CS(=O)(=O)c1ccc(NS(=O)(=O)CCCNC2CC2)cc1. The van der Waals surface area contributed by atoms with Gasteiger partial charge in [-0.1, -0.05) is 0 Å². The Morgan fingerprint density at radius 1 is 1.10 bits per heavy atom. The Bertz CT molecular complexity index is 677. The van der Waals surface area contributed by atoms with E-state index in [1.54, 1.807) is 0 Å². The lowest BCUT2D eigenvalue weighted by atomic mass is 10.3. The van der Waals surface area contributed by atoms with Gasteiger partial charge in [-0.05, 0) is 50.1 Å².